The van der Waals surface area contributed by atoms with Gasteiger partial charge in [-0.05, 0) is 6.92 Å². The lowest BCUT2D eigenvalue weighted by atomic mass is 10.2. The summed E-state index contributed by atoms with van der Waals surface area (Å²) >= 11 is 5.50. The number of nitrogens with zero attached hydrogens (tertiary/aromatic N) is 1. The minimum Gasteiger partial charge on any atom is -0.461 e. The highest BCUT2D eigenvalue weighted by molar-refractivity contribution is 6.34. The maximum atomic E-state index is 12.9. The van der Waals surface area contributed by atoms with E-state index in [-0.39, 0.29) is 6.61 Å². The number of hydrogen-bond donors (Lipinski definition) is 0. The summed E-state index contributed by atoms with van der Waals surface area (Å²) in [5.74, 6) is -2.24. The number of ether oxygens (including phenoxy) is 1. The molecule has 0 saturated heterocycles. The Morgan fingerprint density at radius 3 is 2.75 bits per heavy atom. The van der Waals surface area contributed by atoms with Gasteiger partial charge in [0, 0.05) is 11.6 Å². The fourth-order valence-corrected chi connectivity index (χ4v) is 1.27. The zero-order valence-corrected chi connectivity index (χ0v) is 8.89. The van der Waals surface area contributed by atoms with Crippen LogP contribution in [0.4, 0.5) is 13.2 Å². The summed E-state index contributed by atoms with van der Waals surface area (Å²) in [5, 5.41) is -0.588. The lowest BCUT2D eigenvalue weighted by Gasteiger charge is -2.07. The van der Waals surface area contributed by atoms with Crippen LogP contribution in [0.2, 0.25) is 5.02 Å². The third-order valence-corrected chi connectivity index (χ3v) is 2.06. The molecule has 0 bridgehead atoms. The van der Waals surface area contributed by atoms with Crippen molar-refractivity contribution in [3.05, 3.63) is 28.3 Å². The molecule has 0 aliphatic carbocycles. The third kappa shape index (κ3) is 2.63. The van der Waals surface area contributed by atoms with Gasteiger partial charge in [0.2, 0.25) is 5.95 Å². The number of rotatable bonds is 3. The van der Waals surface area contributed by atoms with Crippen molar-refractivity contribution in [2.24, 2.45) is 0 Å². The van der Waals surface area contributed by atoms with Gasteiger partial charge in [0.25, 0.3) is 6.43 Å². The maximum Gasteiger partial charge on any atom is 0.358 e. The maximum absolute atomic E-state index is 12.9. The molecule has 88 valence electrons. The number of pyridine rings is 1. The number of alkyl halides is 2. The van der Waals surface area contributed by atoms with Gasteiger partial charge in [0.1, 0.15) is 0 Å². The van der Waals surface area contributed by atoms with Gasteiger partial charge in [0.05, 0.1) is 11.6 Å². The SMILES string of the molecule is CCOC(=O)c1nc(F)cc(C(F)F)c1Cl. The van der Waals surface area contributed by atoms with E-state index in [4.69, 9.17) is 11.6 Å². The molecule has 0 amide bonds. The van der Waals surface area contributed by atoms with E-state index in [1.807, 2.05) is 0 Å². The van der Waals surface area contributed by atoms with Crippen molar-refractivity contribution in [3.8, 4) is 0 Å². The Morgan fingerprint density at radius 1 is 1.62 bits per heavy atom. The Morgan fingerprint density at radius 2 is 2.25 bits per heavy atom. The lowest BCUT2D eigenvalue weighted by Crippen LogP contribution is -2.10. The Bertz CT molecular complexity index is 412. The average molecular weight is 254 g/mol. The minimum atomic E-state index is -2.99. The molecule has 1 aromatic heterocycles. The number of carbonyl (C=O) groups is 1. The van der Waals surface area contributed by atoms with E-state index in [1.54, 1.807) is 0 Å². The second-order valence-electron chi connectivity index (χ2n) is 2.72. The van der Waals surface area contributed by atoms with Crippen LogP contribution < -0.4 is 0 Å². The van der Waals surface area contributed by atoms with Crippen LogP contribution in [-0.4, -0.2) is 17.6 Å². The van der Waals surface area contributed by atoms with Crippen molar-refractivity contribution in [1.29, 1.82) is 0 Å². The molecular formula is C9H7ClF3NO2. The first-order valence-corrected chi connectivity index (χ1v) is 4.66. The standard InChI is InChI=1S/C9H7ClF3NO2/c1-2-16-9(15)7-6(10)4(8(12)13)3-5(11)14-7/h3,8H,2H2,1H3. The molecule has 0 fully saturated rings. The van der Waals surface area contributed by atoms with Crippen molar-refractivity contribution in [1.82, 2.24) is 4.98 Å². The summed E-state index contributed by atoms with van der Waals surface area (Å²) in [5.41, 5.74) is -1.42. The van der Waals surface area contributed by atoms with Crippen LogP contribution in [0.1, 0.15) is 29.4 Å². The molecule has 0 aliphatic rings. The van der Waals surface area contributed by atoms with E-state index in [2.05, 4.69) is 9.72 Å². The number of esters is 1. The molecule has 0 aromatic carbocycles. The zero-order chi connectivity index (χ0) is 12.3. The van der Waals surface area contributed by atoms with Crippen LogP contribution >= 0.6 is 11.6 Å². The molecule has 1 heterocycles. The van der Waals surface area contributed by atoms with Crippen LogP contribution in [-0.2, 0) is 4.74 Å². The van der Waals surface area contributed by atoms with Crippen LogP contribution in [0.3, 0.4) is 0 Å². The summed E-state index contributed by atoms with van der Waals surface area (Å²) in [6.07, 6.45) is -2.99. The van der Waals surface area contributed by atoms with Gasteiger partial charge in [-0.15, -0.1) is 0 Å². The summed E-state index contributed by atoms with van der Waals surface area (Å²) in [6, 6.07) is 0.482. The first-order chi connectivity index (χ1) is 7.47. The molecule has 1 rings (SSSR count). The van der Waals surface area contributed by atoms with Gasteiger partial charge in [-0.3, -0.25) is 0 Å². The predicted octanol–water partition coefficient (Wildman–Crippen LogP) is 2.99. The van der Waals surface area contributed by atoms with Crippen LogP contribution in [0.25, 0.3) is 0 Å². The number of aromatic nitrogens is 1. The van der Waals surface area contributed by atoms with Crippen LogP contribution in [0, 0.1) is 5.95 Å². The first kappa shape index (κ1) is 12.8. The van der Waals surface area contributed by atoms with Crippen molar-refractivity contribution in [2.45, 2.75) is 13.3 Å². The summed E-state index contributed by atoms with van der Waals surface area (Å²) in [7, 11) is 0. The fraction of sp³-hybridized carbons (Fsp3) is 0.333. The van der Waals surface area contributed by atoms with Crippen molar-refractivity contribution < 1.29 is 22.7 Å². The number of carbonyl (C=O) groups excluding carboxylic acids is 1. The van der Waals surface area contributed by atoms with E-state index in [0.717, 1.165) is 0 Å². The van der Waals surface area contributed by atoms with Crippen molar-refractivity contribution >= 4 is 17.6 Å². The summed E-state index contributed by atoms with van der Waals surface area (Å²) in [6.45, 7) is 1.52. The van der Waals surface area contributed by atoms with E-state index < -0.39 is 34.6 Å². The van der Waals surface area contributed by atoms with Gasteiger partial charge in [-0.25, -0.2) is 18.6 Å². The molecule has 3 nitrogen and oxygen atoms in total. The fourth-order valence-electron chi connectivity index (χ4n) is 1.01. The second kappa shape index (κ2) is 5.16. The average Bonchev–Trinajstić information content (AvgIpc) is 2.20. The topological polar surface area (TPSA) is 39.2 Å². The molecule has 0 N–H and O–H groups in total. The first-order valence-electron chi connectivity index (χ1n) is 4.28. The monoisotopic (exact) mass is 253 g/mol. The predicted molar refractivity (Wildman–Crippen MR) is 50.1 cm³/mol. The molecule has 0 spiro atoms. The summed E-state index contributed by atoms with van der Waals surface area (Å²) in [4.78, 5) is 14.3. The van der Waals surface area contributed by atoms with Gasteiger partial charge in [0.15, 0.2) is 5.69 Å². The highest BCUT2D eigenvalue weighted by atomic mass is 35.5. The zero-order valence-electron chi connectivity index (χ0n) is 8.14. The van der Waals surface area contributed by atoms with Gasteiger partial charge in [-0.2, -0.15) is 4.39 Å². The normalized spacial score (nSPS) is 10.6. The van der Waals surface area contributed by atoms with Gasteiger partial charge in [-0.1, -0.05) is 11.6 Å². The number of halogens is 4. The smallest absolute Gasteiger partial charge is 0.358 e. The Balaban J connectivity index is 3.24. The van der Waals surface area contributed by atoms with E-state index >= 15 is 0 Å². The Hall–Kier alpha value is -1.30. The lowest BCUT2D eigenvalue weighted by molar-refractivity contribution is 0.0517. The second-order valence-corrected chi connectivity index (χ2v) is 3.10. The number of hydrogen-bond acceptors (Lipinski definition) is 3. The minimum absolute atomic E-state index is 0.0113. The summed E-state index contributed by atoms with van der Waals surface area (Å²) < 4.78 is 42.2. The van der Waals surface area contributed by atoms with Crippen molar-refractivity contribution in [3.63, 3.8) is 0 Å². The highest BCUT2D eigenvalue weighted by Crippen LogP contribution is 2.29. The molecule has 1 aromatic rings. The highest BCUT2D eigenvalue weighted by Gasteiger charge is 2.22. The van der Waals surface area contributed by atoms with E-state index in [1.165, 1.54) is 6.92 Å². The van der Waals surface area contributed by atoms with E-state index in [0.29, 0.717) is 6.07 Å². The molecule has 0 unspecified atom stereocenters. The molecule has 0 aliphatic heterocycles. The Kier molecular flexibility index (Phi) is 4.12. The molecule has 7 heteroatoms. The van der Waals surface area contributed by atoms with Gasteiger partial charge < -0.3 is 4.74 Å². The van der Waals surface area contributed by atoms with Crippen molar-refractivity contribution in [2.75, 3.05) is 6.61 Å². The van der Waals surface area contributed by atoms with Crippen LogP contribution in [0.5, 0.6) is 0 Å². The van der Waals surface area contributed by atoms with Gasteiger partial charge >= 0.3 is 5.97 Å². The Labute approximate surface area is 94.2 Å². The molecular weight excluding hydrogens is 247 g/mol. The van der Waals surface area contributed by atoms with E-state index in [9.17, 15) is 18.0 Å². The molecule has 16 heavy (non-hydrogen) atoms. The molecule has 0 atom stereocenters. The quantitative estimate of drug-likeness (QED) is 0.614. The molecule has 0 saturated carbocycles. The largest absolute Gasteiger partial charge is 0.461 e. The third-order valence-electron chi connectivity index (χ3n) is 1.66. The van der Waals surface area contributed by atoms with Crippen LogP contribution in [0.15, 0.2) is 6.07 Å². The molecule has 0 radical (unpaired) electrons.